The van der Waals surface area contributed by atoms with E-state index in [0.29, 0.717) is 12.8 Å². The van der Waals surface area contributed by atoms with Crippen LogP contribution in [0.15, 0.2) is 0 Å². The minimum Gasteiger partial charge on any atom is -0.444 e. The molecular formula is C15H23F5O5S. The molecule has 154 valence electrons. The number of carbonyl (C=O) groups is 1. The topological polar surface area (TPSA) is 80.7 Å². The van der Waals surface area contributed by atoms with Crippen molar-refractivity contribution in [2.45, 2.75) is 81.7 Å². The monoisotopic (exact) mass is 410 g/mol. The third-order valence-electron chi connectivity index (χ3n) is 4.37. The molecule has 1 N–H and O–H groups in total. The van der Waals surface area contributed by atoms with Crippen molar-refractivity contribution in [3.05, 3.63) is 0 Å². The number of rotatable bonds is 4. The lowest BCUT2D eigenvalue weighted by Crippen LogP contribution is -2.52. The molecule has 5 nitrogen and oxygen atoms in total. The highest BCUT2D eigenvalue weighted by molar-refractivity contribution is 7.86. The molecule has 0 bridgehead atoms. The molecule has 0 amide bonds. The second-order valence-corrected chi connectivity index (χ2v) is 7.99. The maximum absolute atomic E-state index is 13.5. The molecule has 0 heterocycles. The van der Waals surface area contributed by atoms with Gasteiger partial charge in [-0.05, 0) is 12.8 Å². The zero-order valence-electron chi connectivity index (χ0n) is 14.1. The second kappa shape index (κ2) is 9.29. The Kier molecular flexibility index (Phi) is 8.25. The molecule has 0 radical (unpaired) electrons. The smallest absolute Gasteiger partial charge is 0.432 e. The van der Waals surface area contributed by atoms with Gasteiger partial charge in [-0.2, -0.15) is 30.4 Å². The Morgan fingerprint density at radius 2 is 1.27 bits per heavy atom. The molecule has 1 fully saturated rings. The van der Waals surface area contributed by atoms with Crippen LogP contribution in [0.25, 0.3) is 0 Å². The van der Waals surface area contributed by atoms with Crippen LogP contribution in [0.3, 0.4) is 0 Å². The Morgan fingerprint density at radius 3 is 1.62 bits per heavy atom. The minimum absolute atomic E-state index is 0.181. The fourth-order valence-electron chi connectivity index (χ4n) is 2.90. The van der Waals surface area contributed by atoms with E-state index in [1.807, 2.05) is 0 Å². The van der Waals surface area contributed by atoms with Crippen LogP contribution in [0.5, 0.6) is 0 Å². The first-order chi connectivity index (χ1) is 11.9. The van der Waals surface area contributed by atoms with Crippen LogP contribution in [-0.2, 0) is 19.6 Å². The van der Waals surface area contributed by atoms with E-state index in [2.05, 4.69) is 4.74 Å². The highest BCUT2D eigenvalue weighted by atomic mass is 32.2. The average molecular weight is 410 g/mol. The summed E-state index contributed by atoms with van der Waals surface area (Å²) in [4.78, 5) is 12.0. The van der Waals surface area contributed by atoms with Crippen molar-refractivity contribution in [1.82, 2.24) is 0 Å². The van der Waals surface area contributed by atoms with E-state index < -0.39 is 39.5 Å². The number of hydrogen-bond donors (Lipinski definition) is 1. The molecule has 0 aromatic carbocycles. The molecule has 1 unspecified atom stereocenters. The largest absolute Gasteiger partial charge is 0.444 e. The molecule has 1 rings (SSSR count). The van der Waals surface area contributed by atoms with Gasteiger partial charge in [0.1, 0.15) is 0 Å². The van der Waals surface area contributed by atoms with Gasteiger partial charge in [-0.25, -0.2) is 0 Å². The minimum atomic E-state index is -6.42. The Labute approximate surface area is 149 Å². The van der Waals surface area contributed by atoms with Crippen LogP contribution in [-0.4, -0.2) is 36.5 Å². The standard InChI is InChI=1S/C15H23F5O5S/c16-14(17,18)13(15(19,20)26(22,23)24)25-12(21)11-9-7-5-3-1-2-4-6-8-10-11/h11,13H,1-10H2,(H,22,23,24). The summed E-state index contributed by atoms with van der Waals surface area (Å²) in [6.45, 7) is 0. The van der Waals surface area contributed by atoms with E-state index in [9.17, 15) is 35.2 Å². The Morgan fingerprint density at radius 1 is 0.885 bits per heavy atom. The predicted octanol–water partition coefficient (Wildman–Crippen LogP) is 4.47. The number of carbonyl (C=O) groups excluding carboxylic acids is 1. The maximum atomic E-state index is 13.5. The van der Waals surface area contributed by atoms with E-state index in [-0.39, 0.29) is 12.8 Å². The lowest BCUT2D eigenvalue weighted by molar-refractivity contribution is -0.260. The molecule has 1 atom stereocenters. The van der Waals surface area contributed by atoms with Crippen molar-refractivity contribution in [3.63, 3.8) is 0 Å². The van der Waals surface area contributed by atoms with Crippen molar-refractivity contribution in [3.8, 4) is 0 Å². The molecule has 0 spiro atoms. The number of alkyl halides is 5. The van der Waals surface area contributed by atoms with Gasteiger partial charge in [0, 0.05) is 0 Å². The van der Waals surface area contributed by atoms with Gasteiger partial charge in [-0.15, -0.1) is 0 Å². The summed E-state index contributed by atoms with van der Waals surface area (Å²) >= 11 is 0. The summed E-state index contributed by atoms with van der Waals surface area (Å²) in [6.07, 6.45) is -3.31. The first-order valence-electron chi connectivity index (χ1n) is 8.49. The van der Waals surface area contributed by atoms with Gasteiger partial charge in [0.2, 0.25) is 0 Å². The molecular weight excluding hydrogens is 387 g/mol. The van der Waals surface area contributed by atoms with Crippen LogP contribution in [0.1, 0.15) is 64.2 Å². The van der Waals surface area contributed by atoms with Crippen LogP contribution < -0.4 is 0 Å². The van der Waals surface area contributed by atoms with Gasteiger partial charge in [0.05, 0.1) is 5.92 Å². The van der Waals surface area contributed by atoms with Crippen LogP contribution in [0.2, 0.25) is 0 Å². The maximum Gasteiger partial charge on any atom is 0.432 e. The normalized spacial score (nSPS) is 20.8. The molecule has 0 aromatic rings. The summed E-state index contributed by atoms with van der Waals surface area (Å²) in [5.41, 5.74) is 0. The van der Waals surface area contributed by atoms with Crippen molar-refractivity contribution < 1.29 is 44.5 Å². The first-order valence-corrected chi connectivity index (χ1v) is 9.93. The molecule has 0 saturated heterocycles. The number of esters is 1. The molecule has 11 heteroatoms. The van der Waals surface area contributed by atoms with Crippen molar-refractivity contribution in [1.29, 1.82) is 0 Å². The van der Waals surface area contributed by atoms with Gasteiger partial charge in [-0.3, -0.25) is 9.35 Å². The van der Waals surface area contributed by atoms with E-state index in [0.717, 1.165) is 38.5 Å². The van der Waals surface area contributed by atoms with E-state index in [1.54, 1.807) is 0 Å². The van der Waals surface area contributed by atoms with E-state index in [1.165, 1.54) is 0 Å². The highest BCUT2D eigenvalue weighted by Crippen LogP contribution is 2.39. The second-order valence-electron chi connectivity index (χ2n) is 6.50. The zero-order chi connectivity index (χ0) is 20.0. The lowest BCUT2D eigenvalue weighted by atomic mass is 9.95. The molecule has 0 aromatic heterocycles. The van der Waals surface area contributed by atoms with Gasteiger partial charge >= 0.3 is 27.5 Å². The number of ether oxygens (including phenoxy) is 1. The summed E-state index contributed by atoms with van der Waals surface area (Å²) in [5.74, 6) is -2.54. The van der Waals surface area contributed by atoms with E-state index in [4.69, 9.17) is 4.55 Å². The highest BCUT2D eigenvalue weighted by Gasteiger charge is 2.66. The Bertz CT molecular complexity index is 549. The third kappa shape index (κ3) is 6.64. The SMILES string of the molecule is O=C(OC(C(F)(F)F)C(F)(F)S(=O)(=O)O)C1CCCCCCCCCC1. The number of halogens is 5. The summed E-state index contributed by atoms with van der Waals surface area (Å²) in [5, 5.41) is -5.69. The quantitative estimate of drug-likeness (QED) is 0.420. The van der Waals surface area contributed by atoms with Gasteiger partial charge in [-0.1, -0.05) is 51.4 Å². The van der Waals surface area contributed by atoms with Crippen molar-refractivity contribution >= 4 is 16.1 Å². The lowest BCUT2D eigenvalue weighted by Gasteiger charge is -2.27. The van der Waals surface area contributed by atoms with Gasteiger partial charge < -0.3 is 4.74 Å². The molecule has 1 aliphatic rings. The summed E-state index contributed by atoms with van der Waals surface area (Å²) in [6, 6.07) is 0. The fourth-order valence-corrected chi connectivity index (χ4v) is 3.35. The van der Waals surface area contributed by atoms with Crippen LogP contribution in [0.4, 0.5) is 22.0 Å². The fraction of sp³-hybridized carbons (Fsp3) is 0.933. The molecule has 0 aliphatic heterocycles. The third-order valence-corrected chi connectivity index (χ3v) is 5.27. The predicted molar refractivity (Wildman–Crippen MR) is 82.1 cm³/mol. The van der Waals surface area contributed by atoms with Crippen LogP contribution in [0, 0.1) is 5.92 Å². The average Bonchev–Trinajstić information content (AvgIpc) is 2.55. The first kappa shape index (κ1) is 23.1. The van der Waals surface area contributed by atoms with Gasteiger partial charge in [0.25, 0.3) is 6.10 Å². The van der Waals surface area contributed by atoms with Crippen LogP contribution >= 0.6 is 0 Å². The summed E-state index contributed by atoms with van der Waals surface area (Å²) in [7, 11) is -6.42. The van der Waals surface area contributed by atoms with Gasteiger partial charge in [0.15, 0.2) is 0 Å². The summed E-state index contributed by atoms with van der Waals surface area (Å²) < 4.78 is 99.2. The molecule has 26 heavy (non-hydrogen) atoms. The molecule has 1 saturated carbocycles. The number of hydrogen-bond acceptors (Lipinski definition) is 4. The Balaban J connectivity index is 2.92. The van der Waals surface area contributed by atoms with E-state index >= 15 is 0 Å². The van der Waals surface area contributed by atoms with Crippen molar-refractivity contribution in [2.24, 2.45) is 5.92 Å². The van der Waals surface area contributed by atoms with Crippen molar-refractivity contribution in [2.75, 3.05) is 0 Å². The Hall–Kier alpha value is -0.970. The molecule has 1 aliphatic carbocycles. The zero-order valence-corrected chi connectivity index (χ0v) is 14.9.